The van der Waals surface area contributed by atoms with E-state index in [0.717, 1.165) is 10.9 Å². The van der Waals surface area contributed by atoms with Crippen LogP contribution in [0.5, 0.6) is 0 Å². The molecule has 0 atom stereocenters. The maximum Gasteiger partial charge on any atom is 0.338 e. The van der Waals surface area contributed by atoms with Gasteiger partial charge in [0.1, 0.15) is 12.3 Å². The molecule has 0 aliphatic carbocycles. The van der Waals surface area contributed by atoms with E-state index in [1.165, 1.54) is 10.5 Å². The van der Waals surface area contributed by atoms with Crippen molar-refractivity contribution in [3.05, 3.63) is 76.5 Å². The van der Waals surface area contributed by atoms with E-state index in [2.05, 4.69) is 15.2 Å². The van der Waals surface area contributed by atoms with Crippen LogP contribution < -0.4 is 5.56 Å². The van der Waals surface area contributed by atoms with Crippen LogP contribution in [0.15, 0.2) is 59.7 Å². The minimum atomic E-state index is -0.485. The molecule has 118 valence electrons. The van der Waals surface area contributed by atoms with Crippen LogP contribution in [0.25, 0.3) is 16.6 Å². The number of ether oxygens (including phenoxy) is 1. The van der Waals surface area contributed by atoms with Crippen molar-refractivity contribution in [1.29, 1.82) is 0 Å². The van der Waals surface area contributed by atoms with Crippen LogP contribution in [0.2, 0.25) is 0 Å². The van der Waals surface area contributed by atoms with Crippen molar-refractivity contribution in [2.24, 2.45) is 0 Å². The molecule has 4 rings (SSSR count). The van der Waals surface area contributed by atoms with Crippen LogP contribution in [0.1, 0.15) is 16.1 Å². The number of H-pyrrole nitrogens is 1. The number of benzene rings is 1. The number of nitrogens with one attached hydrogen (secondary N) is 1. The minimum Gasteiger partial charge on any atom is -0.456 e. The van der Waals surface area contributed by atoms with Gasteiger partial charge in [-0.1, -0.05) is 12.1 Å². The highest BCUT2D eigenvalue weighted by atomic mass is 16.5. The molecular weight excluding hydrogens is 308 g/mol. The Morgan fingerprint density at radius 1 is 1.21 bits per heavy atom. The van der Waals surface area contributed by atoms with Gasteiger partial charge in [0.2, 0.25) is 0 Å². The van der Waals surface area contributed by atoms with Gasteiger partial charge in [0.25, 0.3) is 5.56 Å². The molecular formula is C17H12N4O3. The summed E-state index contributed by atoms with van der Waals surface area (Å²) in [5.41, 5.74) is 1.86. The average molecular weight is 320 g/mol. The Balaban J connectivity index is 1.55. The van der Waals surface area contributed by atoms with E-state index < -0.39 is 5.97 Å². The molecule has 1 aromatic carbocycles. The van der Waals surface area contributed by atoms with Gasteiger partial charge < -0.3 is 4.74 Å². The zero-order valence-electron chi connectivity index (χ0n) is 12.5. The van der Waals surface area contributed by atoms with Crippen molar-refractivity contribution >= 4 is 22.5 Å². The summed E-state index contributed by atoms with van der Waals surface area (Å²) in [5.74, 6) is -0.485. The molecule has 0 saturated heterocycles. The van der Waals surface area contributed by atoms with Crippen LogP contribution in [0, 0.1) is 0 Å². The number of hydrogen-bond donors (Lipinski definition) is 1. The average Bonchev–Trinajstić information content (AvgIpc) is 3.07. The van der Waals surface area contributed by atoms with Gasteiger partial charge in [0, 0.05) is 17.6 Å². The molecule has 1 N–H and O–H groups in total. The Kier molecular flexibility index (Phi) is 3.31. The number of nitrogens with zero attached hydrogens (tertiary/aromatic N) is 3. The third-order valence-corrected chi connectivity index (χ3v) is 3.65. The molecule has 4 aromatic rings. The second-order valence-electron chi connectivity index (χ2n) is 5.26. The predicted octanol–water partition coefficient (Wildman–Crippen LogP) is 1.93. The fraction of sp³-hybridized carbons (Fsp3) is 0.0588. The molecule has 0 fully saturated rings. The molecule has 7 nitrogen and oxygen atoms in total. The number of rotatable bonds is 3. The van der Waals surface area contributed by atoms with E-state index in [0.29, 0.717) is 16.9 Å². The Morgan fingerprint density at radius 2 is 2.12 bits per heavy atom. The van der Waals surface area contributed by atoms with Gasteiger partial charge in [-0.25, -0.2) is 9.78 Å². The molecule has 0 aliphatic heterocycles. The predicted molar refractivity (Wildman–Crippen MR) is 86.7 cm³/mol. The fourth-order valence-electron chi connectivity index (χ4n) is 2.46. The molecule has 24 heavy (non-hydrogen) atoms. The van der Waals surface area contributed by atoms with Crippen LogP contribution in [-0.2, 0) is 11.3 Å². The SMILES string of the molecule is O=C(OCc1cc(=O)n2ccccc2n1)c1ccc2cn[nH]c2c1. The molecule has 7 heteroatoms. The summed E-state index contributed by atoms with van der Waals surface area (Å²) in [6.45, 7) is -0.0690. The van der Waals surface area contributed by atoms with Gasteiger partial charge in [0.05, 0.1) is 23.0 Å². The molecule has 3 aromatic heterocycles. The summed E-state index contributed by atoms with van der Waals surface area (Å²) in [6, 6.07) is 11.8. The molecule has 0 spiro atoms. The molecule has 0 unspecified atom stereocenters. The molecule has 3 heterocycles. The number of carbonyl (C=O) groups excluding carboxylic acids is 1. The van der Waals surface area contributed by atoms with E-state index >= 15 is 0 Å². The third-order valence-electron chi connectivity index (χ3n) is 3.65. The smallest absolute Gasteiger partial charge is 0.338 e. The molecule has 0 aliphatic rings. The number of carbonyl (C=O) groups is 1. The van der Waals surface area contributed by atoms with Crippen LogP contribution in [0.4, 0.5) is 0 Å². The number of esters is 1. The quantitative estimate of drug-likeness (QED) is 0.583. The summed E-state index contributed by atoms with van der Waals surface area (Å²) in [4.78, 5) is 28.5. The van der Waals surface area contributed by atoms with E-state index in [-0.39, 0.29) is 12.2 Å². The van der Waals surface area contributed by atoms with Crippen LogP contribution in [-0.4, -0.2) is 25.6 Å². The number of pyridine rings is 1. The molecule has 0 bridgehead atoms. The first-order valence-electron chi connectivity index (χ1n) is 7.28. The lowest BCUT2D eigenvalue weighted by Crippen LogP contribution is -2.16. The van der Waals surface area contributed by atoms with Crippen molar-refractivity contribution in [2.75, 3.05) is 0 Å². The topological polar surface area (TPSA) is 89.3 Å². The largest absolute Gasteiger partial charge is 0.456 e. The Labute approximate surface area is 135 Å². The lowest BCUT2D eigenvalue weighted by molar-refractivity contribution is 0.0468. The summed E-state index contributed by atoms with van der Waals surface area (Å²) < 4.78 is 6.69. The summed E-state index contributed by atoms with van der Waals surface area (Å²) in [5, 5.41) is 7.62. The monoisotopic (exact) mass is 320 g/mol. The first-order chi connectivity index (χ1) is 11.7. The lowest BCUT2D eigenvalue weighted by atomic mass is 10.2. The first-order valence-corrected chi connectivity index (χ1v) is 7.28. The zero-order valence-corrected chi connectivity index (χ0v) is 12.5. The standard InChI is InChI=1S/C17H12N4O3/c22-16-8-13(19-15-3-1-2-6-21(15)16)10-24-17(23)11-4-5-12-9-18-20-14(12)7-11/h1-9H,10H2,(H,18,20). The fourth-order valence-corrected chi connectivity index (χ4v) is 2.46. The van der Waals surface area contributed by atoms with E-state index in [1.807, 2.05) is 0 Å². The summed E-state index contributed by atoms with van der Waals surface area (Å²) in [7, 11) is 0. The van der Waals surface area contributed by atoms with E-state index in [1.54, 1.807) is 48.8 Å². The Morgan fingerprint density at radius 3 is 3.04 bits per heavy atom. The van der Waals surface area contributed by atoms with Crippen molar-refractivity contribution < 1.29 is 9.53 Å². The van der Waals surface area contributed by atoms with Crippen LogP contribution in [0.3, 0.4) is 0 Å². The first kappa shape index (κ1) is 14.1. The summed E-state index contributed by atoms with van der Waals surface area (Å²) in [6.07, 6.45) is 3.32. The zero-order chi connectivity index (χ0) is 16.5. The van der Waals surface area contributed by atoms with Gasteiger partial charge in [-0.2, -0.15) is 5.10 Å². The second-order valence-corrected chi connectivity index (χ2v) is 5.26. The van der Waals surface area contributed by atoms with E-state index in [9.17, 15) is 9.59 Å². The van der Waals surface area contributed by atoms with Gasteiger partial charge in [-0.15, -0.1) is 0 Å². The maximum absolute atomic E-state index is 12.2. The highest BCUT2D eigenvalue weighted by Crippen LogP contribution is 2.14. The highest BCUT2D eigenvalue weighted by Gasteiger charge is 2.10. The number of aromatic amines is 1. The van der Waals surface area contributed by atoms with Crippen molar-refractivity contribution in [1.82, 2.24) is 19.6 Å². The number of hydrogen-bond acceptors (Lipinski definition) is 5. The van der Waals surface area contributed by atoms with Crippen molar-refractivity contribution in [3.63, 3.8) is 0 Å². The Hall–Kier alpha value is -3.48. The second kappa shape index (κ2) is 5.62. The molecule has 0 radical (unpaired) electrons. The van der Waals surface area contributed by atoms with Gasteiger partial charge in [-0.05, 0) is 24.3 Å². The third kappa shape index (κ3) is 2.52. The lowest BCUT2D eigenvalue weighted by Gasteiger charge is -2.06. The highest BCUT2D eigenvalue weighted by molar-refractivity contribution is 5.94. The maximum atomic E-state index is 12.2. The minimum absolute atomic E-state index is 0.0690. The molecule has 0 saturated carbocycles. The number of aromatic nitrogens is 4. The van der Waals surface area contributed by atoms with Gasteiger partial charge in [0.15, 0.2) is 0 Å². The van der Waals surface area contributed by atoms with Gasteiger partial charge >= 0.3 is 5.97 Å². The normalized spacial score (nSPS) is 11.0. The number of fused-ring (bicyclic) bond motifs is 2. The molecule has 0 amide bonds. The summed E-state index contributed by atoms with van der Waals surface area (Å²) >= 11 is 0. The van der Waals surface area contributed by atoms with Crippen LogP contribution >= 0.6 is 0 Å². The Bertz CT molecular complexity index is 1110. The van der Waals surface area contributed by atoms with E-state index in [4.69, 9.17) is 4.74 Å². The van der Waals surface area contributed by atoms with Gasteiger partial charge in [-0.3, -0.25) is 14.3 Å². The van der Waals surface area contributed by atoms with Crippen molar-refractivity contribution in [2.45, 2.75) is 6.61 Å². The van der Waals surface area contributed by atoms with Crippen molar-refractivity contribution in [3.8, 4) is 0 Å².